The highest BCUT2D eigenvalue weighted by Gasteiger charge is 2.20. The van der Waals surface area contributed by atoms with Gasteiger partial charge in [-0.2, -0.15) is 0 Å². The number of rotatable bonds is 2. The van der Waals surface area contributed by atoms with E-state index in [0.29, 0.717) is 11.6 Å². The Morgan fingerprint density at radius 2 is 2.17 bits per heavy atom. The molecule has 0 aromatic carbocycles. The van der Waals surface area contributed by atoms with Gasteiger partial charge in [0.1, 0.15) is 6.33 Å². The van der Waals surface area contributed by atoms with E-state index in [2.05, 4.69) is 15.3 Å². The fraction of sp³-hybridized carbons (Fsp3) is 0.417. The molecule has 1 aliphatic rings. The zero-order chi connectivity index (χ0) is 12.5. The van der Waals surface area contributed by atoms with E-state index < -0.39 is 5.97 Å². The van der Waals surface area contributed by atoms with Crippen LogP contribution in [0.3, 0.4) is 0 Å². The summed E-state index contributed by atoms with van der Waals surface area (Å²) in [6.45, 7) is 1.99. The fourth-order valence-corrected chi connectivity index (χ4v) is 2.52. The Bertz CT molecular complexity index is 587. The molecule has 94 valence electrons. The number of hydrogen-bond acceptors (Lipinski definition) is 4. The van der Waals surface area contributed by atoms with Crippen LogP contribution in [0.4, 0.5) is 0 Å². The highest BCUT2D eigenvalue weighted by Crippen LogP contribution is 2.25. The molecule has 6 nitrogen and oxygen atoms in total. The lowest BCUT2D eigenvalue weighted by Gasteiger charge is -2.23. The van der Waals surface area contributed by atoms with Gasteiger partial charge in [-0.3, -0.25) is 4.40 Å². The van der Waals surface area contributed by atoms with Gasteiger partial charge in [0, 0.05) is 17.8 Å². The minimum atomic E-state index is -1.03. The zero-order valence-corrected chi connectivity index (χ0v) is 9.83. The van der Waals surface area contributed by atoms with Gasteiger partial charge < -0.3 is 10.4 Å². The molecular formula is C12H14N4O2. The summed E-state index contributed by atoms with van der Waals surface area (Å²) in [5.74, 6) is -0.597. The molecule has 0 spiro atoms. The van der Waals surface area contributed by atoms with E-state index in [-0.39, 0.29) is 5.69 Å². The fourth-order valence-electron chi connectivity index (χ4n) is 2.52. The third-order valence-electron chi connectivity index (χ3n) is 3.42. The van der Waals surface area contributed by atoms with Gasteiger partial charge in [0.25, 0.3) is 0 Å². The molecule has 1 aliphatic heterocycles. The second kappa shape index (κ2) is 4.38. The number of carbonyl (C=O) groups is 1. The van der Waals surface area contributed by atoms with Crippen LogP contribution in [0.1, 0.15) is 34.9 Å². The summed E-state index contributed by atoms with van der Waals surface area (Å²) in [6, 6.07) is 1.95. The maximum Gasteiger partial charge on any atom is 0.358 e. The number of nitrogens with one attached hydrogen (secondary N) is 1. The Kier molecular flexibility index (Phi) is 2.71. The number of piperidine rings is 1. The van der Waals surface area contributed by atoms with Crippen molar-refractivity contribution < 1.29 is 9.90 Å². The summed E-state index contributed by atoms with van der Waals surface area (Å²) in [4.78, 5) is 19.1. The number of carboxylic acids is 1. The van der Waals surface area contributed by atoms with Crippen LogP contribution in [0.25, 0.3) is 5.65 Å². The molecule has 3 rings (SSSR count). The minimum absolute atomic E-state index is 0.0192. The zero-order valence-electron chi connectivity index (χ0n) is 9.83. The number of nitrogens with zero attached hydrogens (tertiary/aromatic N) is 3. The van der Waals surface area contributed by atoms with Crippen molar-refractivity contribution in [1.82, 2.24) is 19.7 Å². The van der Waals surface area contributed by atoms with Crippen molar-refractivity contribution in [2.45, 2.75) is 18.8 Å². The maximum absolute atomic E-state index is 11.0. The monoisotopic (exact) mass is 246 g/mol. The van der Waals surface area contributed by atoms with Gasteiger partial charge >= 0.3 is 5.97 Å². The number of carboxylic acid groups (broad SMARTS) is 1. The maximum atomic E-state index is 11.0. The third kappa shape index (κ3) is 1.74. The van der Waals surface area contributed by atoms with Crippen LogP contribution in [-0.2, 0) is 0 Å². The highest BCUT2D eigenvalue weighted by molar-refractivity contribution is 5.92. The Morgan fingerprint density at radius 3 is 2.89 bits per heavy atom. The minimum Gasteiger partial charge on any atom is -0.476 e. The average molecular weight is 246 g/mol. The SMILES string of the molecule is O=C(O)c1ncn2c(C3CCNCC3)ccnc12. The Hall–Kier alpha value is -1.95. The Balaban J connectivity index is 2.09. The first-order valence-corrected chi connectivity index (χ1v) is 6.03. The average Bonchev–Trinajstić information content (AvgIpc) is 2.83. The molecule has 6 heteroatoms. The number of fused-ring (bicyclic) bond motifs is 1. The molecule has 2 aromatic heterocycles. The van der Waals surface area contributed by atoms with Crippen LogP contribution in [-0.4, -0.2) is 38.5 Å². The van der Waals surface area contributed by atoms with E-state index in [9.17, 15) is 4.79 Å². The van der Waals surface area contributed by atoms with Crippen LogP contribution < -0.4 is 5.32 Å². The van der Waals surface area contributed by atoms with E-state index in [1.54, 1.807) is 16.9 Å². The van der Waals surface area contributed by atoms with Crippen molar-refractivity contribution in [3.63, 3.8) is 0 Å². The summed E-state index contributed by atoms with van der Waals surface area (Å²) in [5, 5.41) is 12.4. The Morgan fingerprint density at radius 1 is 1.39 bits per heavy atom. The summed E-state index contributed by atoms with van der Waals surface area (Å²) >= 11 is 0. The molecule has 0 unspecified atom stereocenters. The predicted molar refractivity (Wildman–Crippen MR) is 64.8 cm³/mol. The van der Waals surface area contributed by atoms with Crippen LogP contribution in [0.5, 0.6) is 0 Å². The first-order valence-electron chi connectivity index (χ1n) is 6.03. The summed E-state index contributed by atoms with van der Waals surface area (Å²) in [7, 11) is 0. The van der Waals surface area contributed by atoms with Crippen LogP contribution in [0.2, 0.25) is 0 Å². The standard InChI is InChI=1S/C12H14N4O2/c17-12(18)10-11-14-6-3-9(16(11)7-15-10)8-1-4-13-5-2-8/h3,6-8,13H,1-2,4-5H2,(H,17,18). The van der Waals surface area contributed by atoms with Crippen molar-refractivity contribution in [2.24, 2.45) is 0 Å². The van der Waals surface area contributed by atoms with Gasteiger partial charge in [-0.15, -0.1) is 0 Å². The lowest BCUT2D eigenvalue weighted by Crippen LogP contribution is -2.27. The van der Waals surface area contributed by atoms with Gasteiger partial charge in [0.2, 0.25) is 0 Å². The Labute approximate surface area is 104 Å². The summed E-state index contributed by atoms with van der Waals surface area (Å²) in [6.07, 6.45) is 5.34. The molecule has 18 heavy (non-hydrogen) atoms. The molecule has 1 fully saturated rings. The van der Waals surface area contributed by atoms with E-state index >= 15 is 0 Å². The van der Waals surface area contributed by atoms with Crippen LogP contribution in [0, 0.1) is 0 Å². The molecule has 3 heterocycles. The number of hydrogen-bond donors (Lipinski definition) is 2. The van der Waals surface area contributed by atoms with Crippen molar-refractivity contribution in [3.05, 3.63) is 30.0 Å². The molecule has 0 saturated carbocycles. The molecule has 1 saturated heterocycles. The molecule has 2 aromatic rings. The topological polar surface area (TPSA) is 79.5 Å². The third-order valence-corrected chi connectivity index (χ3v) is 3.42. The highest BCUT2D eigenvalue weighted by atomic mass is 16.4. The molecule has 0 amide bonds. The number of imidazole rings is 1. The van der Waals surface area contributed by atoms with Gasteiger partial charge in [0.15, 0.2) is 11.3 Å². The van der Waals surface area contributed by atoms with E-state index in [4.69, 9.17) is 5.11 Å². The van der Waals surface area contributed by atoms with Crippen molar-refractivity contribution in [3.8, 4) is 0 Å². The van der Waals surface area contributed by atoms with Gasteiger partial charge in [-0.25, -0.2) is 14.8 Å². The second-order valence-electron chi connectivity index (χ2n) is 4.49. The lowest BCUT2D eigenvalue weighted by molar-refractivity contribution is 0.0693. The van der Waals surface area contributed by atoms with Crippen LogP contribution in [0.15, 0.2) is 18.6 Å². The summed E-state index contributed by atoms with van der Waals surface area (Å²) < 4.78 is 1.80. The first-order chi connectivity index (χ1) is 8.77. The number of aromatic nitrogens is 3. The van der Waals surface area contributed by atoms with Crippen molar-refractivity contribution >= 4 is 11.6 Å². The largest absolute Gasteiger partial charge is 0.476 e. The molecule has 0 radical (unpaired) electrons. The number of aromatic carboxylic acids is 1. The smallest absolute Gasteiger partial charge is 0.358 e. The summed E-state index contributed by atoms with van der Waals surface area (Å²) in [5.41, 5.74) is 1.55. The molecule has 0 atom stereocenters. The van der Waals surface area contributed by atoms with Crippen LogP contribution >= 0.6 is 0 Å². The van der Waals surface area contributed by atoms with E-state index in [1.807, 2.05) is 6.07 Å². The van der Waals surface area contributed by atoms with Crippen molar-refractivity contribution in [2.75, 3.05) is 13.1 Å². The predicted octanol–water partition coefficient (Wildman–Crippen LogP) is 0.894. The second-order valence-corrected chi connectivity index (χ2v) is 4.49. The first kappa shape index (κ1) is 11.2. The molecule has 2 N–H and O–H groups in total. The quantitative estimate of drug-likeness (QED) is 0.822. The lowest BCUT2D eigenvalue weighted by atomic mass is 9.94. The van der Waals surface area contributed by atoms with Crippen molar-refractivity contribution in [1.29, 1.82) is 0 Å². The van der Waals surface area contributed by atoms with E-state index in [0.717, 1.165) is 31.6 Å². The molecule has 0 aliphatic carbocycles. The molecular weight excluding hydrogens is 232 g/mol. The normalized spacial score (nSPS) is 17.1. The van der Waals surface area contributed by atoms with Gasteiger partial charge in [-0.05, 0) is 32.0 Å². The van der Waals surface area contributed by atoms with Gasteiger partial charge in [-0.1, -0.05) is 0 Å². The molecule has 0 bridgehead atoms. The van der Waals surface area contributed by atoms with Gasteiger partial charge in [0.05, 0.1) is 0 Å². The van der Waals surface area contributed by atoms with E-state index in [1.165, 1.54) is 0 Å².